The number of likely N-dealkylation sites (N-methyl/N-ethyl adjacent to an activating group) is 1. The van der Waals surface area contributed by atoms with E-state index in [0.717, 1.165) is 65.7 Å². The van der Waals surface area contributed by atoms with Crippen LogP contribution in [0, 0.1) is 6.92 Å². The number of fused-ring (bicyclic) bond motifs is 2. The molecular weight excluding hydrogens is 412 g/mol. The molecule has 0 atom stereocenters. The van der Waals surface area contributed by atoms with Crippen molar-refractivity contribution < 1.29 is 4.79 Å². The maximum absolute atomic E-state index is 13.3. The number of aromatic nitrogens is 3. The van der Waals surface area contributed by atoms with E-state index in [1.165, 1.54) is 12.8 Å². The van der Waals surface area contributed by atoms with Gasteiger partial charge in [0.2, 0.25) is 0 Å². The van der Waals surface area contributed by atoms with Gasteiger partial charge in [-0.15, -0.1) is 0 Å². The Morgan fingerprint density at radius 2 is 1.82 bits per heavy atom. The third kappa shape index (κ3) is 3.82. The second-order valence-corrected chi connectivity index (χ2v) is 9.34. The summed E-state index contributed by atoms with van der Waals surface area (Å²) in [4.78, 5) is 24.5. The van der Waals surface area contributed by atoms with E-state index in [2.05, 4.69) is 29.0 Å². The van der Waals surface area contributed by atoms with Gasteiger partial charge in [-0.05, 0) is 51.1 Å². The first-order valence-electron chi connectivity index (χ1n) is 11.7. The Hall–Kier alpha value is -3.45. The fourth-order valence-electron chi connectivity index (χ4n) is 4.68. The lowest BCUT2D eigenvalue weighted by Gasteiger charge is -2.36. The average Bonchev–Trinajstić information content (AvgIpc) is 3.56. The predicted molar refractivity (Wildman–Crippen MR) is 128 cm³/mol. The van der Waals surface area contributed by atoms with Crippen LogP contribution in [0.5, 0.6) is 0 Å². The Balaban J connectivity index is 1.33. The van der Waals surface area contributed by atoms with Crippen molar-refractivity contribution in [3.8, 4) is 0 Å². The monoisotopic (exact) mass is 440 g/mol. The third-order valence-electron chi connectivity index (χ3n) is 6.76. The standard InChI is InChI=1S/C26H28N6O/c1-18-16-32-24(26(27-18)19-6-7-19)15-23(28-32)20-4-3-5-21-8-9-22(17-31(21)25(33)14-20)30-12-10-29(2)11-13-30/h3-5,8-9,14-17,19H,6-7,10-13H2,1-2H3/b4-3?,20-14?,21-5+. The van der Waals surface area contributed by atoms with Crippen molar-refractivity contribution in [2.24, 2.45) is 0 Å². The first kappa shape index (κ1) is 20.2. The van der Waals surface area contributed by atoms with Gasteiger partial charge in [0.25, 0.3) is 5.91 Å². The SMILES string of the molecule is Cc1cn2nc(C3=CC(=O)N4C=C(N5CCN(C)CC5)C=C/C4=C\C=C3)cc2c(C2CC2)n1. The maximum atomic E-state index is 13.3. The third-order valence-corrected chi connectivity index (χ3v) is 6.76. The molecule has 2 aromatic rings. The van der Waals surface area contributed by atoms with Crippen LogP contribution in [-0.2, 0) is 4.79 Å². The van der Waals surface area contributed by atoms with Gasteiger partial charge in [0.05, 0.1) is 34.5 Å². The zero-order chi connectivity index (χ0) is 22.5. The molecule has 0 radical (unpaired) electrons. The molecule has 0 spiro atoms. The van der Waals surface area contributed by atoms with Crippen LogP contribution in [0.25, 0.3) is 11.1 Å². The van der Waals surface area contributed by atoms with Crippen LogP contribution in [-0.4, -0.2) is 68.4 Å². The highest BCUT2D eigenvalue weighted by molar-refractivity contribution is 5.99. The van der Waals surface area contributed by atoms with Gasteiger partial charge in [0.15, 0.2) is 0 Å². The van der Waals surface area contributed by atoms with Crippen molar-refractivity contribution in [1.29, 1.82) is 0 Å². The van der Waals surface area contributed by atoms with Crippen molar-refractivity contribution in [2.75, 3.05) is 33.2 Å². The number of piperazine rings is 1. The van der Waals surface area contributed by atoms with Gasteiger partial charge in [-0.25, -0.2) is 4.52 Å². The normalized spacial score (nSPS) is 23.1. The molecule has 0 unspecified atom stereocenters. The summed E-state index contributed by atoms with van der Waals surface area (Å²) in [5.74, 6) is 0.467. The molecule has 3 aliphatic heterocycles. The summed E-state index contributed by atoms with van der Waals surface area (Å²) in [5.41, 5.74) is 6.68. The van der Waals surface area contributed by atoms with E-state index in [-0.39, 0.29) is 5.91 Å². The minimum Gasteiger partial charge on any atom is -0.368 e. The number of aryl methyl sites for hydroxylation is 1. The number of hydrogen-bond acceptors (Lipinski definition) is 5. The molecule has 7 heteroatoms. The van der Waals surface area contributed by atoms with Crippen LogP contribution < -0.4 is 0 Å². The smallest absolute Gasteiger partial charge is 0.255 e. The Morgan fingerprint density at radius 1 is 1.03 bits per heavy atom. The van der Waals surface area contributed by atoms with Crippen LogP contribution in [0.15, 0.2) is 66.3 Å². The number of carbonyl (C=O) groups is 1. The number of rotatable bonds is 3. The predicted octanol–water partition coefficient (Wildman–Crippen LogP) is 3.24. The van der Waals surface area contributed by atoms with Crippen molar-refractivity contribution in [3.63, 3.8) is 0 Å². The van der Waals surface area contributed by atoms with Crippen LogP contribution in [0.2, 0.25) is 0 Å². The molecule has 4 aliphatic rings. The van der Waals surface area contributed by atoms with Gasteiger partial charge in [0, 0.05) is 55.6 Å². The average molecular weight is 441 g/mol. The van der Waals surface area contributed by atoms with Crippen molar-refractivity contribution in [2.45, 2.75) is 25.7 Å². The summed E-state index contributed by atoms with van der Waals surface area (Å²) >= 11 is 0. The van der Waals surface area contributed by atoms with Crippen LogP contribution in [0.1, 0.15) is 35.8 Å². The summed E-state index contributed by atoms with van der Waals surface area (Å²) in [6, 6.07) is 2.07. The highest BCUT2D eigenvalue weighted by Gasteiger charge is 2.28. The highest BCUT2D eigenvalue weighted by Crippen LogP contribution is 2.41. The number of nitrogens with zero attached hydrogens (tertiary/aromatic N) is 6. The van der Waals surface area contributed by atoms with Gasteiger partial charge in [0.1, 0.15) is 0 Å². The topological polar surface area (TPSA) is 57.0 Å². The molecule has 2 fully saturated rings. The summed E-state index contributed by atoms with van der Waals surface area (Å²) in [5, 5.41) is 4.80. The van der Waals surface area contributed by atoms with Crippen molar-refractivity contribution >= 4 is 17.0 Å². The van der Waals surface area contributed by atoms with Gasteiger partial charge < -0.3 is 9.80 Å². The number of amides is 1. The fourth-order valence-corrected chi connectivity index (χ4v) is 4.68. The highest BCUT2D eigenvalue weighted by atomic mass is 16.2. The quantitative estimate of drug-likeness (QED) is 0.734. The molecule has 1 saturated carbocycles. The molecule has 0 aromatic carbocycles. The van der Waals surface area contributed by atoms with E-state index < -0.39 is 0 Å². The zero-order valence-electron chi connectivity index (χ0n) is 19.1. The summed E-state index contributed by atoms with van der Waals surface area (Å²) < 4.78 is 1.92. The van der Waals surface area contributed by atoms with Gasteiger partial charge >= 0.3 is 0 Å². The fraction of sp³-hybridized carbons (Fsp3) is 0.346. The van der Waals surface area contributed by atoms with E-state index in [9.17, 15) is 4.79 Å². The Bertz CT molecular complexity index is 1280. The van der Waals surface area contributed by atoms with Crippen molar-refractivity contribution in [3.05, 3.63) is 83.4 Å². The molecule has 1 aliphatic carbocycles. The molecule has 2 aromatic heterocycles. The lowest BCUT2D eigenvalue weighted by atomic mass is 10.1. The van der Waals surface area contributed by atoms with Crippen molar-refractivity contribution in [1.82, 2.24) is 29.3 Å². The Kier molecular flexibility index (Phi) is 4.80. The number of allylic oxidation sites excluding steroid dienone is 6. The van der Waals surface area contributed by atoms with E-state index in [4.69, 9.17) is 10.1 Å². The van der Waals surface area contributed by atoms with Gasteiger partial charge in [-0.2, -0.15) is 5.10 Å². The molecule has 7 nitrogen and oxygen atoms in total. The summed E-state index contributed by atoms with van der Waals surface area (Å²) in [6.07, 6.45) is 18.1. The van der Waals surface area contributed by atoms with E-state index in [0.29, 0.717) is 5.92 Å². The first-order valence-corrected chi connectivity index (χ1v) is 11.7. The lowest BCUT2D eigenvalue weighted by Crippen LogP contribution is -2.44. The largest absolute Gasteiger partial charge is 0.368 e. The second-order valence-electron chi connectivity index (χ2n) is 9.34. The van der Waals surface area contributed by atoms with Crippen LogP contribution in [0.4, 0.5) is 0 Å². The lowest BCUT2D eigenvalue weighted by molar-refractivity contribution is -0.122. The van der Waals surface area contributed by atoms with E-state index >= 15 is 0 Å². The van der Waals surface area contributed by atoms with Gasteiger partial charge in [-0.3, -0.25) is 14.7 Å². The maximum Gasteiger partial charge on any atom is 0.255 e. The van der Waals surface area contributed by atoms with Crippen LogP contribution >= 0.6 is 0 Å². The van der Waals surface area contributed by atoms with E-state index in [1.807, 2.05) is 48.1 Å². The number of hydrogen-bond donors (Lipinski definition) is 0. The molecule has 33 heavy (non-hydrogen) atoms. The van der Waals surface area contributed by atoms with Gasteiger partial charge in [-0.1, -0.05) is 12.2 Å². The number of carbonyl (C=O) groups excluding carboxylic acids is 1. The summed E-state index contributed by atoms with van der Waals surface area (Å²) in [7, 11) is 2.15. The Morgan fingerprint density at radius 3 is 2.61 bits per heavy atom. The molecule has 1 amide bonds. The first-order chi connectivity index (χ1) is 16.0. The molecule has 0 N–H and O–H groups in total. The minimum atomic E-state index is -0.0645. The second kappa shape index (κ2) is 7.85. The molecule has 6 rings (SSSR count). The molecule has 1 saturated heterocycles. The molecule has 0 bridgehead atoms. The summed E-state index contributed by atoms with van der Waals surface area (Å²) in [6.45, 7) is 5.99. The van der Waals surface area contributed by atoms with Crippen LogP contribution in [0.3, 0.4) is 0 Å². The van der Waals surface area contributed by atoms with E-state index in [1.54, 1.807) is 11.0 Å². The molecule has 5 heterocycles. The molecular formula is C26H28N6O. The Labute approximate surface area is 193 Å². The molecule has 168 valence electrons. The zero-order valence-corrected chi connectivity index (χ0v) is 19.1. The minimum absolute atomic E-state index is 0.0645.